The van der Waals surface area contributed by atoms with E-state index in [-0.39, 0.29) is 17.6 Å². The van der Waals surface area contributed by atoms with E-state index in [1.807, 2.05) is 4.98 Å². The third kappa shape index (κ3) is 6.06. The Kier molecular flexibility index (Phi) is 7.78. The molecule has 0 spiro atoms. The first-order valence-corrected chi connectivity index (χ1v) is 14.0. The summed E-state index contributed by atoms with van der Waals surface area (Å²) < 4.78 is 52.7. The second kappa shape index (κ2) is 9.72. The van der Waals surface area contributed by atoms with Gasteiger partial charge in [0.05, 0.1) is 12.9 Å². The van der Waals surface area contributed by atoms with Gasteiger partial charge in [-0.2, -0.15) is 8.62 Å². The number of H-pyrrole nitrogens is 2. The fraction of sp³-hybridized carbons (Fsp3) is 0.615. The molecule has 1 saturated heterocycles. The number of aliphatic hydroxyl groups is 2. The molecule has 3 rings (SSSR count). The normalized spacial score (nSPS) is 28.7. The number of nitrogens with zero attached hydrogens (tertiary/aromatic N) is 2. The summed E-state index contributed by atoms with van der Waals surface area (Å²) in [7, 11) is -16.9. The monoisotopic (exact) mass is 566 g/mol. The van der Waals surface area contributed by atoms with Gasteiger partial charge in [-0.15, -0.1) is 0 Å². The summed E-state index contributed by atoms with van der Waals surface area (Å²) >= 11 is 0. The van der Waals surface area contributed by atoms with E-state index >= 15 is 0 Å². The highest BCUT2D eigenvalue weighted by molar-refractivity contribution is 7.66. The van der Waals surface area contributed by atoms with Crippen molar-refractivity contribution in [2.45, 2.75) is 43.8 Å². The highest BCUT2D eigenvalue weighted by Crippen LogP contribution is 2.66. The highest BCUT2D eigenvalue weighted by atomic mass is 31.3. The van der Waals surface area contributed by atoms with Gasteiger partial charge >= 0.3 is 29.2 Å². The van der Waals surface area contributed by atoms with E-state index in [1.165, 1.54) is 0 Å². The van der Waals surface area contributed by atoms with Crippen molar-refractivity contribution >= 4 is 34.6 Å². The number of aromatic nitrogens is 4. The first-order valence-electron chi connectivity index (χ1n) is 9.53. The minimum atomic E-state index is -5.77. The van der Waals surface area contributed by atoms with Gasteiger partial charge < -0.3 is 34.5 Å². The van der Waals surface area contributed by atoms with Gasteiger partial charge in [0.25, 0.3) is 5.56 Å². The van der Waals surface area contributed by atoms with Crippen molar-refractivity contribution in [2.24, 2.45) is 0 Å². The number of fused-ring (bicyclic) bond motifs is 1. The first kappa shape index (κ1) is 28.0. The van der Waals surface area contributed by atoms with Crippen molar-refractivity contribution in [2.75, 3.05) is 6.61 Å². The van der Waals surface area contributed by atoms with Crippen molar-refractivity contribution in [3.8, 4) is 0 Å². The molecule has 0 saturated carbocycles. The quantitative estimate of drug-likeness (QED) is 0.149. The van der Waals surface area contributed by atoms with Gasteiger partial charge in [0.1, 0.15) is 24.0 Å². The van der Waals surface area contributed by atoms with Gasteiger partial charge in [-0.3, -0.25) is 23.9 Å². The second-order valence-electron chi connectivity index (χ2n) is 7.29. The van der Waals surface area contributed by atoms with Crippen LogP contribution in [0, 0.1) is 0 Å². The number of phosphoric ester groups is 1. The molecule has 2 aromatic rings. The molecule has 19 nitrogen and oxygen atoms in total. The second-order valence-corrected chi connectivity index (χ2v) is 11.7. The average molecular weight is 566 g/mol. The minimum absolute atomic E-state index is 0.0305. The Morgan fingerprint density at radius 2 is 1.77 bits per heavy atom. The summed E-state index contributed by atoms with van der Waals surface area (Å²) in [5.41, 5.74) is -3.97. The number of imidazole rings is 1. The molecule has 8 N–H and O–H groups in total. The van der Waals surface area contributed by atoms with Gasteiger partial charge in [-0.1, -0.05) is 13.3 Å². The van der Waals surface area contributed by atoms with Gasteiger partial charge in [0, 0.05) is 0 Å². The van der Waals surface area contributed by atoms with Crippen molar-refractivity contribution < 1.29 is 61.4 Å². The zero-order chi connectivity index (χ0) is 26.4. The van der Waals surface area contributed by atoms with Crippen molar-refractivity contribution in [1.29, 1.82) is 0 Å². The molecular weight excluding hydrogens is 545 g/mol. The Morgan fingerprint density at radius 1 is 1.11 bits per heavy atom. The summed E-state index contributed by atoms with van der Waals surface area (Å²) in [6.07, 6.45) is -3.81. The maximum atomic E-state index is 12.0. The number of hydrogen-bond acceptors (Lipinski definition) is 12. The molecule has 198 valence electrons. The Bertz CT molecular complexity index is 1350. The molecule has 2 aromatic heterocycles. The van der Waals surface area contributed by atoms with E-state index in [1.54, 1.807) is 6.92 Å². The molecule has 6 atom stereocenters. The van der Waals surface area contributed by atoms with Crippen LogP contribution in [0.25, 0.3) is 11.2 Å². The molecule has 3 heterocycles. The maximum Gasteiger partial charge on any atom is 0.490 e. The number of phosphoric acid groups is 3. The van der Waals surface area contributed by atoms with Crippen LogP contribution in [-0.2, 0) is 37.3 Å². The van der Waals surface area contributed by atoms with Crippen LogP contribution in [0.2, 0.25) is 0 Å². The fourth-order valence-corrected chi connectivity index (χ4v) is 6.61. The SMILES string of the molecule is CCC[C@@]1(n2cnc3c(=O)[nH]c(=O)[nH]c32)O[C@H](COP(=O)(O)OP(=O)(O)OP(=O)(O)O)[C@@H](O)[C@H]1O. The van der Waals surface area contributed by atoms with E-state index in [4.69, 9.17) is 14.5 Å². The Morgan fingerprint density at radius 3 is 2.37 bits per heavy atom. The first-order chi connectivity index (χ1) is 16.0. The largest absolute Gasteiger partial charge is 0.490 e. The summed E-state index contributed by atoms with van der Waals surface area (Å²) in [6, 6.07) is 0. The van der Waals surface area contributed by atoms with E-state index in [9.17, 15) is 43.3 Å². The zero-order valence-electron chi connectivity index (χ0n) is 17.5. The molecule has 22 heteroatoms. The van der Waals surface area contributed by atoms with E-state index < -0.39 is 65.4 Å². The third-order valence-electron chi connectivity index (χ3n) is 4.80. The summed E-state index contributed by atoms with van der Waals surface area (Å²) in [4.78, 5) is 67.9. The lowest BCUT2D eigenvalue weighted by Gasteiger charge is -2.33. The van der Waals surface area contributed by atoms with Gasteiger partial charge in [-0.05, 0) is 6.42 Å². The standard InChI is InChI=1S/C13H21N4O15P3/c1-2-3-13(17-5-14-7-10(17)15-12(21)16-11(7)20)9(19)8(18)6(30-13)4-29-34(25,26)32-35(27,28)31-33(22,23)24/h5-6,8-9,18-19H,2-4H2,1H3,(H,25,26)(H,27,28)(H2,22,23,24)(H2,15,16,20,21)/t6-,8-,9-,13-/m1/s1. The number of rotatable bonds is 10. The lowest BCUT2D eigenvalue weighted by Crippen LogP contribution is -2.45. The summed E-state index contributed by atoms with van der Waals surface area (Å²) in [5.74, 6) is 0. The Balaban J connectivity index is 1.87. The summed E-state index contributed by atoms with van der Waals surface area (Å²) in [6.45, 7) is 0.634. The van der Waals surface area contributed by atoms with Crippen LogP contribution in [0.4, 0.5) is 0 Å². The number of aliphatic hydroxyl groups excluding tert-OH is 2. The van der Waals surface area contributed by atoms with Gasteiger partial charge in [0.2, 0.25) is 0 Å². The molecular formula is C13H21N4O15P3. The van der Waals surface area contributed by atoms with Crippen LogP contribution in [0.1, 0.15) is 19.8 Å². The maximum absolute atomic E-state index is 12.0. The lowest BCUT2D eigenvalue weighted by molar-refractivity contribution is -0.150. The molecule has 1 aliphatic rings. The third-order valence-corrected chi connectivity index (χ3v) is 8.60. The van der Waals surface area contributed by atoms with Crippen LogP contribution < -0.4 is 11.2 Å². The predicted molar refractivity (Wildman–Crippen MR) is 111 cm³/mol. The van der Waals surface area contributed by atoms with E-state index in [0.29, 0.717) is 6.42 Å². The predicted octanol–water partition coefficient (Wildman–Crippen LogP) is -1.67. The Labute approximate surface area is 193 Å². The molecule has 1 fully saturated rings. The highest BCUT2D eigenvalue weighted by Gasteiger charge is 2.56. The number of hydrogen-bond donors (Lipinski definition) is 8. The number of ether oxygens (including phenoxy) is 1. The van der Waals surface area contributed by atoms with E-state index in [0.717, 1.165) is 10.9 Å². The average Bonchev–Trinajstić information content (AvgIpc) is 3.20. The van der Waals surface area contributed by atoms with Crippen molar-refractivity contribution in [1.82, 2.24) is 19.5 Å². The van der Waals surface area contributed by atoms with Crippen molar-refractivity contribution in [3.05, 3.63) is 27.2 Å². The van der Waals surface area contributed by atoms with E-state index in [2.05, 4.69) is 23.1 Å². The molecule has 2 unspecified atom stereocenters. The van der Waals surface area contributed by atoms with Gasteiger partial charge in [0.15, 0.2) is 11.2 Å². The molecule has 0 aliphatic carbocycles. The molecule has 0 bridgehead atoms. The molecule has 0 amide bonds. The topological polar surface area (TPSA) is 293 Å². The summed E-state index contributed by atoms with van der Waals surface area (Å²) in [5, 5.41) is 21.3. The fourth-order valence-electron chi connectivity index (χ4n) is 3.58. The van der Waals surface area contributed by atoms with Crippen LogP contribution >= 0.6 is 23.5 Å². The van der Waals surface area contributed by atoms with Crippen LogP contribution in [0.5, 0.6) is 0 Å². The number of aromatic amines is 2. The Hall–Kier alpha value is -1.56. The smallest absolute Gasteiger partial charge is 0.387 e. The minimum Gasteiger partial charge on any atom is -0.387 e. The zero-order valence-corrected chi connectivity index (χ0v) is 20.2. The van der Waals surface area contributed by atoms with Crippen molar-refractivity contribution in [3.63, 3.8) is 0 Å². The lowest BCUT2D eigenvalue weighted by atomic mass is 9.98. The van der Waals surface area contributed by atoms with Gasteiger partial charge in [-0.25, -0.2) is 23.5 Å². The van der Waals surface area contributed by atoms with Crippen LogP contribution in [0.3, 0.4) is 0 Å². The number of nitrogens with one attached hydrogen (secondary N) is 2. The molecule has 0 aromatic carbocycles. The van der Waals surface area contributed by atoms with Crippen LogP contribution in [-0.4, -0.2) is 74.2 Å². The molecule has 35 heavy (non-hydrogen) atoms. The van der Waals surface area contributed by atoms with Crippen LogP contribution in [0.15, 0.2) is 15.9 Å². The molecule has 1 aliphatic heterocycles. The molecule has 0 radical (unpaired) electrons.